The van der Waals surface area contributed by atoms with Crippen molar-refractivity contribution in [3.8, 4) is 11.5 Å². The maximum Gasteiger partial charge on any atom is 0.243 e. The predicted molar refractivity (Wildman–Crippen MR) is 208 cm³/mol. The molecule has 5 rings (SSSR count). The molecule has 54 heavy (non-hydrogen) atoms. The largest absolute Gasteiger partial charge is 0.490 e. The van der Waals surface area contributed by atoms with E-state index >= 15 is 0 Å². The molecule has 12 nitrogen and oxygen atoms in total. The first-order valence-corrected chi connectivity index (χ1v) is 20.3. The number of likely N-dealkylation sites (N-methyl/N-ethyl adjacent to an activating group) is 1. The molecule has 1 saturated carbocycles. The molecule has 0 radical (unpaired) electrons. The van der Waals surface area contributed by atoms with Crippen LogP contribution in [-0.4, -0.2) is 86.5 Å². The molecule has 6 unspecified atom stereocenters. The van der Waals surface area contributed by atoms with Crippen LogP contribution in [0, 0.1) is 17.8 Å². The van der Waals surface area contributed by atoms with Crippen molar-refractivity contribution in [3.05, 3.63) is 85.0 Å². The summed E-state index contributed by atoms with van der Waals surface area (Å²) in [5.41, 5.74) is 2.89. The minimum atomic E-state index is -4.18. The van der Waals surface area contributed by atoms with Crippen molar-refractivity contribution in [2.45, 2.75) is 81.4 Å². The van der Waals surface area contributed by atoms with Gasteiger partial charge in [-0.1, -0.05) is 42.8 Å². The molecule has 0 aromatic heterocycles. The lowest BCUT2D eigenvalue weighted by Crippen LogP contribution is -2.69. The van der Waals surface area contributed by atoms with Crippen LogP contribution in [0.5, 0.6) is 11.5 Å². The molecule has 2 aromatic carbocycles. The van der Waals surface area contributed by atoms with Crippen LogP contribution < -0.4 is 14.8 Å². The number of unbranched alkanes of at least 4 members (excludes halogenated alkanes) is 2. The van der Waals surface area contributed by atoms with E-state index in [-0.39, 0.29) is 54.8 Å². The zero-order valence-corrected chi connectivity index (χ0v) is 32.4. The highest BCUT2D eigenvalue weighted by Gasteiger charge is 2.65. The maximum absolute atomic E-state index is 14.6. The molecule has 1 heterocycles. The van der Waals surface area contributed by atoms with E-state index in [2.05, 4.69) is 29.7 Å². The molecule has 2 aliphatic carbocycles. The lowest BCUT2D eigenvalue weighted by Gasteiger charge is -2.59. The van der Waals surface area contributed by atoms with Crippen molar-refractivity contribution in [2.75, 3.05) is 45.4 Å². The summed E-state index contributed by atoms with van der Waals surface area (Å²) in [5, 5.41) is 26.9. The minimum absolute atomic E-state index is 0.0309. The smallest absolute Gasteiger partial charge is 0.243 e. The van der Waals surface area contributed by atoms with Gasteiger partial charge in [0.15, 0.2) is 0 Å². The average Bonchev–Trinajstić information content (AvgIpc) is 3.16. The molecule has 3 aliphatic rings. The minimum Gasteiger partial charge on any atom is -0.490 e. The second-order valence-electron chi connectivity index (χ2n) is 14.0. The monoisotopic (exact) mass is 765 g/mol. The molecule has 2 aromatic rings. The van der Waals surface area contributed by atoms with Crippen LogP contribution in [0.4, 0.5) is 5.69 Å². The van der Waals surface area contributed by atoms with E-state index < -0.39 is 27.8 Å². The molecular weight excluding hydrogens is 711 g/mol. The topological polar surface area (TPSA) is 156 Å². The molecule has 1 amide bonds. The lowest BCUT2D eigenvalue weighted by atomic mass is 9.55. The van der Waals surface area contributed by atoms with E-state index in [9.17, 15) is 23.4 Å². The van der Waals surface area contributed by atoms with E-state index in [1.165, 1.54) is 30.4 Å². The Kier molecular flexibility index (Phi) is 14.1. The summed E-state index contributed by atoms with van der Waals surface area (Å²) in [6.07, 6.45) is 10.2. The molecule has 13 heteroatoms. The van der Waals surface area contributed by atoms with Gasteiger partial charge in [0.05, 0.1) is 29.2 Å². The highest BCUT2D eigenvalue weighted by molar-refractivity contribution is 7.89. The fraction of sp³-hybridized carbons (Fsp3) is 0.512. The van der Waals surface area contributed by atoms with Gasteiger partial charge in [-0.2, -0.15) is 4.31 Å². The highest BCUT2D eigenvalue weighted by atomic mass is 32.2. The summed E-state index contributed by atoms with van der Waals surface area (Å²) < 4.78 is 50.5. The Morgan fingerprint density at radius 3 is 2.41 bits per heavy atom. The van der Waals surface area contributed by atoms with Gasteiger partial charge < -0.3 is 34.6 Å². The van der Waals surface area contributed by atoms with Gasteiger partial charge in [-0.05, 0) is 92.5 Å². The van der Waals surface area contributed by atoms with E-state index in [0.717, 1.165) is 36.8 Å². The summed E-state index contributed by atoms with van der Waals surface area (Å²) >= 11 is 0. The van der Waals surface area contributed by atoms with Gasteiger partial charge in [0.25, 0.3) is 0 Å². The summed E-state index contributed by atoms with van der Waals surface area (Å²) in [6, 6.07) is 10.8. The third-order valence-electron chi connectivity index (χ3n) is 10.6. The van der Waals surface area contributed by atoms with Gasteiger partial charge in [-0.25, -0.2) is 8.42 Å². The Morgan fingerprint density at radius 1 is 1.06 bits per heavy atom. The van der Waals surface area contributed by atoms with Gasteiger partial charge >= 0.3 is 0 Å². The van der Waals surface area contributed by atoms with Crippen molar-refractivity contribution in [1.29, 1.82) is 0 Å². The number of aliphatic hydroxyl groups excluding tert-OH is 2. The third kappa shape index (κ3) is 8.60. The Morgan fingerprint density at radius 2 is 1.76 bits per heavy atom. The molecule has 3 N–H and O–H groups in total. The van der Waals surface area contributed by atoms with Gasteiger partial charge in [0, 0.05) is 50.8 Å². The van der Waals surface area contributed by atoms with Crippen LogP contribution >= 0.6 is 0 Å². The Hall–Kier alpha value is -4.01. The number of ether oxygens (including phenoxy) is 3. The summed E-state index contributed by atoms with van der Waals surface area (Å²) in [7, 11) is -2.64. The molecule has 0 spiro atoms. The van der Waals surface area contributed by atoms with Crippen LogP contribution in [0.3, 0.4) is 0 Å². The van der Waals surface area contributed by atoms with Crippen molar-refractivity contribution in [1.82, 2.24) is 4.31 Å². The number of carbonyl (C=O) groups excluding carboxylic acids is 1. The van der Waals surface area contributed by atoms with E-state index in [0.29, 0.717) is 49.0 Å². The standard InChI is InChI=1S/C41H55N3O9S/c1-6-23-50-31-17-20-37-35(26-31)39-33(14-10-12-22-46)29(13-9-11-21-45)25-34-36(43-52-8-3)27-38(41(53-37,40(34)39)51-24-7-2)44(5)54(48,49)32-18-15-30(16-19-32)42-28(4)47/h6-7,15-20,25-26,29,33,38-40,45-46H,1-2,8-14,21-24,27H2,3-5H3,(H,42,47). The molecule has 1 aliphatic heterocycles. The fourth-order valence-electron chi connectivity index (χ4n) is 8.34. The Labute approximate surface area is 319 Å². The number of allylic oxidation sites excluding steroid dienone is 1. The van der Waals surface area contributed by atoms with Crippen LogP contribution in [0.15, 0.2) is 89.5 Å². The summed E-state index contributed by atoms with van der Waals surface area (Å²) in [6.45, 7) is 11.9. The number of carbonyl (C=O) groups is 1. The first kappa shape index (κ1) is 41.2. The van der Waals surface area contributed by atoms with Crippen LogP contribution in [-0.2, 0) is 24.4 Å². The van der Waals surface area contributed by atoms with Crippen LogP contribution in [0.25, 0.3) is 0 Å². The van der Waals surface area contributed by atoms with Gasteiger partial charge in [0.2, 0.25) is 21.7 Å². The molecule has 0 saturated heterocycles. The molecule has 6 atom stereocenters. The highest BCUT2D eigenvalue weighted by Crippen LogP contribution is 2.62. The number of benzene rings is 2. The van der Waals surface area contributed by atoms with E-state index in [1.54, 1.807) is 24.3 Å². The zero-order valence-electron chi connectivity index (χ0n) is 31.6. The first-order chi connectivity index (χ1) is 26.1. The van der Waals surface area contributed by atoms with Crippen LogP contribution in [0.1, 0.15) is 70.3 Å². The maximum atomic E-state index is 14.6. The third-order valence-corrected chi connectivity index (χ3v) is 12.5. The average molecular weight is 766 g/mol. The number of amides is 1. The SMILES string of the molecule is C=CCOc1ccc2c(c1)C1C(CCCCO)C(CCCCO)C=C3C(=NOCC)CC(N(C)S(=O)(=O)c4ccc(NC(C)=O)cc4)C(OCC=C)(O2)C31. The number of nitrogens with zero attached hydrogens (tertiary/aromatic N) is 2. The van der Waals surface area contributed by atoms with E-state index in [1.807, 2.05) is 25.1 Å². The number of hydrogen-bond acceptors (Lipinski definition) is 10. The number of sulfonamides is 1. The van der Waals surface area contributed by atoms with Crippen molar-refractivity contribution in [3.63, 3.8) is 0 Å². The van der Waals surface area contributed by atoms with Gasteiger partial charge in [0.1, 0.15) is 24.7 Å². The van der Waals surface area contributed by atoms with Crippen molar-refractivity contribution < 1.29 is 42.5 Å². The first-order valence-electron chi connectivity index (χ1n) is 18.9. The molecule has 0 bridgehead atoms. The van der Waals surface area contributed by atoms with Crippen molar-refractivity contribution >= 4 is 27.3 Å². The van der Waals surface area contributed by atoms with Gasteiger partial charge in [-0.15, -0.1) is 6.58 Å². The number of aliphatic hydroxyl groups is 2. The van der Waals surface area contributed by atoms with E-state index in [4.69, 9.17) is 19.0 Å². The summed E-state index contributed by atoms with van der Waals surface area (Å²) in [5.74, 6) is -1.27. The van der Waals surface area contributed by atoms with Crippen molar-refractivity contribution in [2.24, 2.45) is 22.9 Å². The summed E-state index contributed by atoms with van der Waals surface area (Å²) in [4.78, 5) is 17.4. The number of anilines is 1. The number of oxime groups is 1. The zero-order chi connectivity index (χ0) is 38.9. The second-order valence-corrected chi connectivity index (χ2v) is 16.0. The number of rotatable bonds is 20. The second kappa shape index (κ2) is 18.5. The normalized spacial score (nSPS) is 25.2. The lowest BCUT2D eigenvalue weighted by molar-refractivity contribution is -0.250. The molecule has 294 valence electrons. The number of fused-ring (bicyclic) bond motifs is 2. The van der Waals surface area contributed by atoms with Crippen LogP contribution in [0.2, 0.25) is 0 Å². The van der Waals surface area contributed by atoms with Gasteiger partial charge in [-0.3, -0.25) is 4.79 Å². The quantitative estimate of drug-likeness (QED) is 0.0814. The number of hydrogen-bond donors (Lipinski definition) is 3. The predicted octanol–water partition coefficient (Wildman–Crippen LogP) is 6.18. The Bertz CT molecular complexity index is 1790. The molecular formula is C41H55N3O9S. The Balaban J connectivity index is 1.75. The molecule has 1 fully saturated rings. The number of nitrogens with one attached hydrogen (secondary N) is 1. The fourth-order valence-corrected chi connectivity index (χ4v) is 9.71.